The molecule has 5 rings (SSSR count). The number of hydrogen-bond acceptors (Lipinski definition) is 6. The molecule has 3 atom stereocenters. The van der Waals surface area contributed by atoms with Crippen LogP contribution in [0.4, 0.5) is 4.39 Å². The summed E-state index contributed by atoms with van der Waals surface area (Å²) in [5.74, 6) is 0.392. The molecule has 2 N–H and O–H groups in total. The average Bonchev–Trinajstić information content (AvgIpc) is 3.75. The maximum absolute atomic E-state index is 13.3. The van der Waals surface area contributed by atoms with Gasteiger partial charge in [0.2, 0.25) is 5.91 Å². The van der Waals surface area contributed by atoms with Gasteiger partial charge >= 0.3 is 0 Å². The molecule has 1 saturated carbocycles. The summed E-state index contributed by atoms with van der Waals surface area (Å²) in [6.07, 6.45) is 5.62. The topological polar surface area (TPSA) is 96.5 Å². The summed E-state index contributed by atoms with van der Waals surface area (Å²) >= 11 is 0. The fourth-order valence-electron chi connectivity index (χ4n) is 4.81. The number of hydrogen-bond donors (Lipinski definition) is 2. The van der Waals surface area contributed by atoms with Gasteiger partial charge in [0.25, 0.3) is 5.91 Å². The SMILES string of the molecule is O=C(N[C@@H](CCCN[C@@H]1C[C@H]1c1ccc(F)cc1)C(=O)N1CCOCC1)c1ccc(-c2ncccn2)cc1. The molecule has 198 valence electrons. The first-order chi connectivity index (χ1) is 18.6. The zero-order chi connectivity index (χ0) is 26.3. The van der Waals surface area contributed by atoms with Crippen molar-refractivity contribution < 1.29 is 18.7 Å². The van der Waals surface area contributed by atoms with E-state index in [1.54, 1.807) is 47.6 Å². The number of ether oxygens (including phenoxy) is 1. The van der Waals surface area contributed by atoms with Crippen molar-refractivity contribution in [3.63, 3.8) is 0 Å². The smallest absolute Gasteiger partial charge is 0.251 e. The van der Waals surface area contributed by atoms with Crippen LogP contribution >= 0.6 is 0 Å². The fourth-order valence-corrected chi connectivity index (χ4v) is 4.81. The van der Waals surface area contributed by atoms with Gasteiger partial charge in [-0.25, -0.2) is 14.4 Å². The number of carbonyl (C=O) groups excluding carboxylic acids is 2. The van der Waals surface area contributed by atoms with E-state index in [9.17, 15) is 14.0 Å². The highest BCUT2D eigenvalue weighted by atomic mass is 19.1. The third-order valence-corrected chi connectivity index (χ3v) is 7.06. The van der Waals surface area contributed by atoms with Crippen LogP contribution in [0.1, 0.15) is 41.1 Å². The second-order valence-corrected chi connectivity index (χ2v) is 9.71. The number of carbonyl (C=O) groups is 2. The van der Waals surface area contributed by atoms with Crippen LogP contribution in [0.2, 0.25) is 0 Å². The highest BCUT2D eigenvalue weighted by Gasteiger charge is 2.37. The van der Waals surface area contributed by atoms with Crippen molar-refractivity contribution in [3.05, 3.63) is 83.9 Å². The molecule has 1 aliphatic carbocycles. The van der Waals surface area contributed by atoms with Crippen LogP contribution in [-0.2, 0) is 9.53 Å². The van der Waals surface area contributed by atoms with E-state index in [-0.39, 0.29) is 17.6 Å². The van der Waals surface area contributed by atoms with E-state index in [0.717, 1.165) is 30.5 Å². The molecule has 0 spiro atoms. The third kappa shape index (κ3) is 6.59. The van der Waals surface area contributed by atoms with Gasteiger partial charge in [-0.2, -0.15) is 0 Å². The van der Waals surface area contributed by atoms with Gasteiger partial charge in [0.15, 0.2) is 5.82 Å². The highest BCUT2D eigenvalue weighted by Crippen LogP contribution is 2.40. The van der Waals surface area contributed by atoms with Gasteiger partial charge in [0.05, 0.1) is 13.2 Å². The minimum Gasteiger partial charge on any atom is -0.378 e. The normalized spacial score (nSPS) is 19.6. The summed E-state index contributed by atoms with van der Waals surface area (Å²) in [7, 11) is 0. The second kappa shape index (κ2) is 12.2. The molecule has 2 fully saturated rings. The summed E-state index contributed by atoms with van der Waals surface area (Å²) in [4.78, 5) is 36.6. The van der Waals surface area contributed by atoms with Crippen LogP contribution in [0.3, 0.4) is 0 Å². The largest absolute Gasteiger partial charge is 0.378 e. The molecular formula is C29H32FN5O3. The van der Waals surface area contributed by atoms with Crippen molar-refractivity contribution >= 4 is 11.8 Å². The highest BCUT2D eigenvalue weighted by molar-refractivity contribution is 5.97. The molecule has 1 aliphatic heterocycles. The van der Waals surface area contributed by atoms with E-state index in [1.165, 1.54) is 12.1 Å². The van der Waals surface area contributed by atoms with Crippen LogP contribution in [0.15, 0.2) is 67.0 Å². The van der Waals surface area contributed by atoms with Gasteiger partial charge < -0.3 is 20.3 Å². The van der Waals surface area contributed by atoms with Gasteiger partial charge in [-0.1, -0.05) is 24.3 Å². The Kier molecular flexibility index (Phi) is 8.35. The zero-order valence-electron chi connectivity index (χ0n) is 21.2. The average molecular weight is 518 g/mol. The lowest BCUT2D eigenvalue weighted by molar-refractivity contribution is -0.137. The number of morpholine rings is 1. The molecule has 1 aromatic heterocycles. The molecule has 1 saturated heterocycles. The number of benzene rings is 2. The number of nitrogens with zero attached hydrogens (tertiary/aromatic N) is 3. The quantitative estimate of drug-likeness (QED) is 0.401. The Bertz CT molecular complexity index is 1220. The van der Waals surface area contributed by atoms with Crippen molar-refractivity contribution in [1.29, 1.82) is 0 Å². The van der Waals surface area contributed by atoms with Crippen LogP contribution in [0, 0.1) is 5.82 Å². The first kappa shape index (κ1) is 25.9. The van der Waals surface area contributed by atoms with Crippen LogP contribution in [0.5, 0.6) is 0 Å². The lowest BCUT2D eigenvalue weighted by atomic mass is 10.1. The van der Waals surface area contributed by atoms with E-state index < -0.39 is 6.04 Å². The summed E-state index contributed by atoms with van der Waals surface area (Å²) in [5, 5.41) is 6.50. The van der Waals surface area contributed by atoms with E-state index in [4.69, 9.17) is 4.74 Å². The minimum atomic E-state index is -0.619. The van der Waals surface area contributed by atoms with E-state index in [2.05, 4.69) is 20.6 Å². The molecule has 8 nitrogen and oxygen atoms in total. The number of amides is 2. The molecule has 9 heteroatoms. The van der Waals surface area contributed by atoms with Crippen LogP contribution < -0.4 is 10.6 Å². The summed E-state index contributed by atoms with van der Waals surface area (Å²) in [5.41, 5.74) is 2.43. The molecule has 2 heterocycles. The molecule has 38 heavy (non-hydrogen) atoms. The summed E-state index contributed by atoms with van der Waals surface area (Å²) in [6.45, 7) is 2.79. The van der Waals surface area contributed by atoms with Crippen LogP contribution in [-0.4, -0.2) is 71.6 Å². The summed E-state index contributed by atoms with van der Waals surface area (Å²) < 4.78 is 18.6. The molecule has 2 amide bonds. The molecule has 3 aromatic rings. The lowest BCUT2D eigenvalue weighted by Crippen LogP contribution is -2.52. The van der Waals surface area contributed by atoms with E-state index in [0.29, 0.717) is 56.1 Å². The van der Waals surface area contributed by atoms with Crippen molar-refractivity contribution in [2.75, 3.05) is 32.8 Å². The Balaban J connectivity index is 1.16. The van der Waals surface area contributed by atoms with Gasteiger partial charge in [0, 0.05) is 48.6 Å². The molecular weight excluding hydrogens is 485 g/mol. The second-order valence-electron chi connectivity index (χ2n) is 9.71. The molecule has 0 bridgehead atoms. The minimum absolute atomic E-state index is 0.0773. The van der Waals surface area contributed by atoms with Gasteiger partial charge in [-0.3, -0.25) is 9.59 Å². The van der Waals surface area contributed by atoms with Gasteiger partial charge in [0.1, 0.15) is 11.9 Å². The number of halogens is 1. The number of rotatable bonds is 10. The molecule has 2 aliphatic rings. The first-order valence-corrected chi connectivity index (χ1v) is 13.1. The predicted molar refractivity (Wildman–Crippen MR) is 141 cm³/mol. The van der Waals surface area contributed by atoms with Crippen molar-refractivity contribution in [3.8, 4) is 11.4 Å². The van der Waals surface area contributed by atoms with Crippen molar-refractivity contribution in [2.24, 2.45) is 0 Å². The van der Waals surface area contributed by atoms with E-state index >= 15 is 0 Å². The number of nitrogens with one attached hydrogen (secondary N) is 2. The molecule has 0 radical (unpaired) electrons. The van der Waals surface area contributed by atoms with Crippen molar-refractivity contribution in [2.45, 2.75) is 37.3 Å². The predicted octanol–water partition coefficient (Wildman–Crippen LogP) is 3.17. The fraction of sp³-hybridized carbons (Fsp3) is 0.379. The first-order valence-electron chi connectivity index (χ1n) is 13.1. The monoisotopic (exact) mass is 517 g/mol. The Labute approximate surface area is 221 Å². The Morgan fingerprint density at radius 2 is 1.74 bits per heavy atom. The Morgan fingerprint density at radius 3 is 2.45 bits per heavy atom. The lowest BCUT2D eigenvalue weighted by Gasteiger charge is -2.31. The Morgan fingerprint density at radius 1 is 1.03 bits per heavy atom. The van der Waals surface area contributed by atoms with Crippen molar-refractivity contribution in [1.82, 2.24) is 25.5 Å². The Hall–Kier alpha value is -3.69. The van der Waals surface area contributed by atoms with E-state index in [1.807, 2.05) is 12.1 Å². The standard InChI is InChI=1S/C29H32FN5O3/c30-23-10-8-20(9-11-23)24-19-26(24)31-12-1-3-25(29(37)35-15-17-38-18-16-35)34-28(36)22-6-4-21(5-7-22)27-32-13-2-14-33-27/h2,4-11,13-14,24-26,31H,1,3,12,15-19H2,(H,34,36)/t24-,25-,26+/m0/s1. The molecule has 2 aromatic carbocycles. The molecule has 0 unspecified atom stereocenters. The summed E-state index contributed by atoms with van der Waals surface area (Å²) in [6, 6.07) is 15.2. The maximum Gasteiger partial charge on any atom is 0.251 e. The van der Waals surface area contributed by atoms with Gasteiger partial charge in [-0.05, 0) is 61.7 Å². The van der Waals surface area contributed by atoms with Gasteiger partial charge in [-0.15, -0.1) is 0 Å². The maximum atomic E-state index is 13.3. The number of aromatic nitrogens is 2. The third-order valence-electron chi connectivity index (χ3n) is 7.06. The zero-order valence-corrected chi connectivity index (χ0v) is 21.2. The van der Waals surface area contributed by atoms with Crippen LogP contribution in [0.25, 0.3) is 11.4 Å².